The van der Waals surface area contributed by atoms with Gasteiger partial charge in [-0.1, -0.05) is 30.7 Å². The molecule has 0 unspecified atom stereocenters. The fourth-order valence-corrected chi connectivity index (χ4v) is 3.25. The molecule has 0 fully saturated rings. The van der Waals surface area contributed by atoms with Gasteiger partial charge in [0, 0.05) is 10.7 Å². The molecule has 3 nitrogen and oxygen atoms in total. The summed E-state index contributed by atoms with van der Waals surface area (Å²) in [5, 5.41) is 3.46. The van der Waals surface area contributed by atoms with Crippen LogP contribution in [0.25, 0.3) is 0 Å². The van der Waals surface area contributed by atoms with Crippen molar-refractivity contribution in [3.05, 3.63) is 58.6 Å². The number of aryl methyl sites for hydroxylation is 2. The van der Waals surface area contributed by atoms with Crippen LogP contribution < -0.4 is 10.1 Å². The number of benzene rings is 2. The van der Waals surface area contributed by atoms with Crippen molar-refractivity contribution in [2.75, 3.05) is 5.32 Å². The van der Waals surface area contributed by atoms with E-state index in [9.17, 15) is 4.79 Å². The number of hydrogen-bond donors (Lipinski definition) is 1. The molecule has 0 bridgehead atoms. The molecule has 24 heavy (non-hydrogen) atoms. The lowest BCUT2D eigenvalue weighted by Crippen LogP contribution is -2.32. The molecule has 1 aliphatic rings. The molecule has 1 atom stereocenters. The van der Waals surface area contributed by atoms with Crippen molar-refractivity contribution in [2.24, 2.45) is 0 Å². The minimum Gasteiger partial charge on any atom is -0.481 e. The van der Waals surface area contributed by atoms with Gasteiger partial charge in [-0.3, -0.25) is 4.79 Å². The molecule has 0 aromatic heterocycles. The Morgan fingerprint density at radius 1 is 1.17 bits per heavy atom. The van der Waals surface area contributed by atoms with E-state index in [1.807, 2.05) is 25.1 Å². The van der Waals surface area contributed by atoms with Crippen molar-refractivity contribution in [3.8, 4) is 5.75 Å². The van der Waals surface area contributed by atoms with Gasteiger partial charge in [-0.25, -0.2) is 0 Å². The Bertz CT molecular complexity index is 729. The highest BCUT2D eigenvalue weighted by Gasteiger charge is 2.19. The van der Waals surface area contributed by atoms with Crippen molar-refractivity contribution in [2.45, 2.75) is 45.1 Å². The van der Waals surface area contributed by atoms with Gasteiger partial charge >= 0.3 is 0 Å². The highest BCUT2D eigenvalue weighted by molar-refractivity contribution is 6.30. The number of fused-ring (bicyclic) bond motifs is 1. The molecule has 1 amide bonds. The van der Waals surface area contributed by atoms with Crippen molar-refractivity contribution in [1.29, 1.82) is 0 Å². The number of nitrogens with one attached hydrogen (secondary N) is 1. The van der Waals surface area contributed by atoms with Crippen LogP contribution in [-0.2, 0) is 17.6 Å². The molecule has 0 radical (unpaired) electrons. The van der Waals surface area contributed by atoms with Crippen LogP contribution in [0.4, 0.5) is 5.69 Å². The van der Waals surface area contributed by atoms with Crippen molar-refractivity contribution < 1.29 is 9.53 Å². The summed E-state index contributed by atoms with van der Waals surface area (Å²) < 4.78 is 5.95. The number of halogens is 1. The van der Waals surface area contributed by atoms with Crippen LogP contribution in [0.3, 0.4) is 0 Å². The molecular formula is C20H22ClNO2. The van der Waals surface area contributed by atoms with Gasteiger partial charge in [-0.05, 0) is 73.6 Å². The van der Waals surface area contributed by atoms with Gasteiger partial charge in [0.25, 0.3) is 5.91 Å². The average molecular weight is 344 g/mol. The van der Waals surface area contributed by atoms with Crippen LogP contribution in [0.5, 0.6) is 5.75 Å². The third-order valence-corrected chi connectivity index (χ3v) is 4.59. The van der Waals surface area contributed by atoms with E-state index in [0.717, 1.165) is 18.6 Å². The molecule has 126 valence electrons. The summed E-state index contributed by atoms with van der Waals surface area (Å²) in [4.78, 5) is 12.5. The maximum Gasteiger partial charge on any atom is 0.265 e. The first-order chi connectivity index (χ1) is 11.7. The molecule has 0 saturated heterocycles. The topological polar surface area (TPSA) is 38.3 Å². The number of carbonyl (C=O) groups excluding carboxylic acids is 1. The second-order valence-electron chi connectivity index (χ2n) is 6.15. The van der Waals surface area contributed by atoms with Crippen LogP contribution in [0.2, 0.25) is 5.02 Å². The average Bonchev–Trinajstić information content (AvgIpc) is 2.59. The number of rotatable bonds is 5. The van der Waals surface area contributed by atoms with Gasteiger partial charge in [0.1, 0.15) is 5.75 Å². The zero-order chi connectivity index (χ0) is 16.9. The highest BCUT2D eigenvalue weighted by Crippen LogP contribution is 2.26. The third-order valence-electron chi connectivity index (χ3n) is 4.35. The van der Waals surface area contributed by atoms with E-state index in [0.29, 0.717) is 17.1 Å². The van der Waals surface area contributed by atoms with E-state index in [1.54, 1.807) is 12.1 Å². The molecule has 0 saturated carbocycles. The highest BCUT2D eigenvalue weighted by atomic mass is 35.5. The third kappa shape index (κ3) is 4.09. The Balaban J connectivity index is 1.68. The van der Waals surface area contributed by atoms with Gasteiger partial charge in [-0.2, -0.15) is 0 Å². The van der Waals surface area contributed by atoms with E-state index in [-0.39, 0.29) is 5.91 Å². The van der Waals surface area contributed by atoms with E-state index < -0.39 is 6.10 Å². The van der Waals surface area contributed by atoms with Gasteiger partial charge in [0.2, 0.25) is 0 Å². The molecule has 1 aliphatic carbocycles. The van der Waals surface area contributed by atoms with E-state index in [2.05, 4.69) is 17.4 Å². The lowest BCUT2D eigenvalue weighted by atomic mass is 9.92. The summed E-state index contributed by atoms with van der Waals surface area (Å²) in [6.45, 7) is 1.95. The van der Waals surface area contributed by atoms with Crippen LogP contribution >= 0.6 is 11.6 Å². The summed E-state index contributed by atoms with van der Waals surface area (Å²) in [6.07, 6.45) is 4.80. The summed E-state index contributed by atoms with van der Waals surface area (Å²) >= 11 is 5.96. The minimum absolute atomic E-state index is 0.155. The summed E-state index contributed by atoms with van der Waals surface area (Å²) in [5.74, 6) is 0.612. The van der Waals surface area contributed by atoms with Crippen LogP contribution in [0, 0.1) is 0 Å². The van der Waals surface area contributed by atoms with Gasteiger partial charge in [0.05, 0.1) is 0 Å². The van der Waals surface area contributed by atoms with Crippen molar-refractivity contribution in [1.82, 2.24) is 0 Å². The van der Waals surface area contributed by atoms with E-state index >= 15 is 0 Å². The minimum atomic E-state index is -0.523. The normalized spacial score (nSPS) is 14.6. The SMILES string of the molecule is CC[C@@H](Oc1ccc2c(c1)CCCC2)C(=O)Nc1cccc(Cl)c1. The molecule has 0 heterocycles. The molecular weight excluding hydrogens is 322 g/mol. The fourth-order valence-electron chi connectivity index (χ4n) is 3.06. The van der Waals surface area contributed by atoms with Crippen molar-refractivity contribution in [3.63, 3.8) is 0 Å². The Morgan fingerprint density at radius 3 is 2.71 bits per heavy atom. The number of amides is 1. The summed E-state index contributed by atoms with van der Waals surface area (Å²) in [5.41, 5.74) is 3.44. The molecule has 3 rings (SSSR count). The van der Waals surface area contributed by atoms with Gasteiger partial charge in [0.15, 0.2) is 6.10 Å². The maximum absolute atomic E-state index is 12.5. The molecule has 0 spiro atoms. The van der Waals surface area contributed by atoms with E-state index in [1.165, 1.54) is 24.0 Å². The molecule has 4 heteroatoms. The summed E-state index contributed by atoms with van der Waals surface area (Å²) in [6, 6.07) is 13.3. The standard InChI is InChI=1S/C20H22ClNO2/c1-2-19(20(23)22-17-9-5-8-16(21)13-17)24-18-11-10-14-6-3-4-7-15(14)12-18/h5,8-13,19H,2-4,6-7H2,1H3,(H,22,23)/t19-/m1/s1. The monoisotopic (exact) mass is 343 g/mol. The first-order valence-corrected chi connectivity index (χ1v) is 8.88. The molecule has 2 aromatic carbocycles. The lowest BCUT2D eigenvalue weighted by molar-refractivity contribution is -0.122. The Hall–Kier alpha value is -2.00. The first-order valence-electron chi connectivity index (χ1n) is 8.50. The Labute approximate surface area is 148 Å². The Kier molecular flexibility index (Phi) is 5.41. The lowest BCUT2D eigenvalue weighted by Gasteiger charge is -2.20. The van der Waals surface area contributed by atoms with Crippen LogP contribution in [0.1, 0.15) is 37.3 Å². The zero-order valence-corrected chi connectivity index (χ0v) is 14.6. The maximum atomic E-state index is 12.5. The summed E-state index contributed by atoms with van der Waals surface area (Å²) in [7, 11) is 0. The first kappa shape index (κ1) is 16.8. The number of carbonyl (C=O) groups is 1. The van der Waals surface area contributed by atoms with Crippen molar-refractivity contribution >= 4 is 23.2 Å². The van der Waals surface area contributed by atoms with Crippen LogP contribution in [0.15, 0.2) is 42.5 Å². The predicted octanol–water partition coefficient (Wildman–Crippen LogP) is 5.01. The second-order valence-corrected chi connectivity index (χ2v) is 6.59. The smallest absolute Gasteiger partial charge is 0.265 e. The van der Waals surface area contributed by atoms with Gasteiger partial charge in [-0.15, -0.1) is 0 Å². The molecule has 0 aliphatic heterocycles. The predicted molar refractivity (Wildman–Crippen MR) is 97.9 cm³/mol. The van der Waals surface area contributed by atoms with E-state index in [4.69, 9.17) is 16.3 Å². The molecule has 2 aromatic rings. The Morgan fingerprint density at radius 2 is 1.96 bits per heavy atom. The molecule has 1 N–H and O–H groups in total. The largest absolute Gasteiger partial charge is 0.481 e. The number of anilines is 1. The van der Waals surface area contributed by atoms with Crippen LogP contribution in [-0.4, -0.2) is 12.0 Å². The van der Waals surface area contributed by atoms with Gasteiger partial charge < -0.3 is 10.1 Å². The second kappa shape index (κ2) is 7.71. The zero-order valence-electron chi connectivity index (χ0n) is 13.8. The quantitative estimate of drug-likeness (QED) is 0.828. The fraction of sp³-hybridized carbons (Fsp3) is 0.350. The number of ether oxygens (including phenoxy) is 1. The number of hydrogen-bond acceptors (Lipinski definition) is 2.